The smallest absolute Gasteiger partial charge is 0.238 e. The lowest BCUT2D eigenvalue weighted by molar-refractivity contribution is 0.651. The van der Waals surface area contributed by atoms with Gasteiger partial charge in [0.15, 0.2) is 0 Å². The van der Waals surface area contributed by atoms with Crippen LogP contribution in [0.15, 0.2) is 114 Å². The molecule has 43 heavy (non-hydrogen) atoms. The SMILES string of the molecule is C1=Cc2c(sc3c4ccccc4c4c5ccccc5n(-c5nc(-c6ccccc6)c6c(n5)oc5ccccc56)c4c23)CC1. The molecule has 10 rings (SSSR count). The summed E-state index contributed by atoms with van der Waals surface area (Å²) in [5.74, 6) is 0.618. The summed E-state index contributed by atoms with van der Waals surface area (Å²) in [6.45, 7) is 0. The van der Waals surface area contributed by atoms with Crippen LogP contribution in [0.5, 0.6) is 0 Å². The van der Waals surface area contributed by atoms with Crippen LogP contribution in [0.3, 0.4) is 0 Å². The topological polar surface area (TPSA) is 43.9 Å². The maximum atomic E-state index is 6.44. The third kappa shape index (κ3) is 3.14. The predicted octanol–water partition coefficient (Wildman–Crippen LogP) is 10.5. The quantitative estimate of drug-likeness (QED) is 0.208. The number of fused-ring (bicyclic) bond motifs is 13. The number of nitrogens with zero attached hydrogens (tertiary/aromatic N) is 3. The van der Waals surface area contributed by atoms with E-state index in [-0.39, 0.29) is 0 Å². The standard InChI is InChI=1S/C38H23N3OS/c1-2-12-22(13-3-1)34-32-26-17-7-10-20-29(26)42-37(32)40-38(39-34)41-28-19-9-6-16-25(28)31-23-14-4-5-15-24(23)36-33(35(31)41)27-18-8-11-21-30(27)43-36/h1-10,12-20H,11,21H2. The molecule has 1 aliphatic rings. The molecule has 0 fully saturated rings. The third-order valence-corrected chi connectivity index (χ3v) is 10.2. The molecule has 9 aromatic rings. The van der Waals surface area contributed by atoms with Gasteiger partial charge in [-0.25, -0.2) is 4.98 Å². The molecule has 0 saturated heterocycles. The average molecular weight is 570 g/mol. The average Bonchev–Trinajstić information content (AvgIpc) is 3.74. The zero-order chi connectivity index (χ0) is 28.1. The first-order chi connectivity index (χ1) is 21.3. The summed E-state index contributed by atoms with van der Waals surface area (Å²) in [6.07, 6.45) is 6.79. The Hall–Kier alpha value is -5.26. The fourth-order valence-corrected chi connectivity index (χ4v) is 8.41. The van der Waals surface area contributed by atoms with E-state index in [4.69, 9.17) is 14.4 Å². The van der Waals surface area contributed by atoms with Crippen LogP contribution in [0.2, 0.25) is 0 Å². The molecular formula is C38H23N3OS. The maximum absolute atomic E-state index is 6.44. The zero-order valence-electron chi connectivity index (χ0n) is 23.0. The highest BCUT2D eigenvalue weighted by Crippen LogP contribution is 2.48. The van der Waals surface area contributed by atoms with Crippen LogP contribution >= 0.6 is 11.3 Å². The Balaban J connectivity index is 1.45. The van der Waals surface area contributed by atoms with Crippen LogP contribution in [0.1, 0.15) is 16.9 Å². The van der Waals surface area contributed by atoms with E-state index in [0.717, 1.165) is 51.5 Å². The number of allylic oxidation sites excluding steroid dienone is 1. The van der Waals surface area contributed by atoms with E-state index < -0.39 is 0 Å². The fourth-order valence-electron chi connectivity index (χ4n) is 7.07. The van der Waals surface area contributed by atoms with Gasteiger partial charge in [-0.1, -0.05) is 103 Å². The predicted molar refractivity (Wildman–Crippen MR) is 179 cm³/mol. The van der Waals surface area contributed by atoms with Crippen molar-refractivity contribution in [1.82, 2.24) is 14.5 Å². The molecule has 0 N–H and O–H groups in total. The highest BCUT2D eigenvalue weighted by molar-refractivity contribution is 7.20. The minimum absolute atomic E-state index is 0.597. The van der Waals surface area contributed by atoms with Crippen molar-refractivity contribution >= 4 is 82.1 Å². The third-order valence-electron chi connectivity index (χ3n) is 8.87. The van der Waals surface area contributed by atoms with Crippen molar-refractivity contribution < 1.29 is 4.42 Å². The molecule has 0 aliphatic heterocycles. The number of furan rings is 1. The van der Waals surface area contributed by atoms with Gasteiger partial charge in [0.2, 0.25) is 11.7 Å². The first-order valence-corrected chi connectivity index (χ1v) is 15.5. The second-order valence-electron chi connectivity index (χ2n) is 11.2. The van der Waals surface area contributed by atoms with Gasteiger partial charge < -0.3 is 4.42 Å². The molecule has 0 atom stereocenters. The van der Waals surface area contributed by atoms with Gasteiger partial charge in [-0.3, -0.25) is 4.57 Å². The number of aromatic nitrogens is 3. The van der Waals surface area contributed by atoms with Crippen LogP contribution in [0.4, 0.5) is 0 Å². The normalized spacial score (nSPS) is 13.3. The van der Waals surface area contributed by atoms with Gasteiger partial charge in [-0.05, 0) is 35.9 Å². The summed E-state index contributed by atoms with van der Waals surface area (Å²) in [5.41, 5.74) is 6.90. The number of hydrogen-bond acceptors (Lipinski definition) is 4. The Kier molecular flexibility index (Phi) is 4.68. The highest BCUT2D eigenvalue weighted by Gasteiger charge is 2.26. The molecule has 0 bridgehead atoms. The van der Waals surface area contributed by atoms with Crippen molar-refractivity contribution in [2.45, 2.75) is 12.8 Å². The van der Waals surface area contributed by atoms with Crippen molar-refractivity contribution in [1.29, 1.82) is 0 Å². The van der Waals surface area contributed by atoms with Crippen LogP contribution < -0.4 is 0 Å². The lowest BCUT2D eigenvalue weighted by Crippen LogP contribution is -2.03. The van der Waals surface area contributed by atoms with Gasteiger partial charge >= 0.3 is 0 Å². The monoisotopic (exact) mass is 569 g/mol. The molecule has 0 radical (unpaired) electrons. The molecule has 0 saturated carbocycles. The number of aryl methyl sites for hydroxylation is 1. The van der Waals surface area contributed by atoms with Gasteiger partial charge in [0, 0.05) is 42.1 Å². The van der Waals surface area contributed by atoms with Crippen molar-refractivity contribution in [2.24, 2.45) is 0 Å². The lowest BCUT2D eigenvalue weighted by atomic mass is 9.96. The van der Waals surface area contributed by atoms with Crippen molar-refractivity contribution in [3.63, 3.8) is 0 Å². The van der Waals surface area contributed by atoms with Crippen LogP contribution in [-0.4, -0.2) is 14.5 Å². The van der Waals surface area contributed by atoms with Gasteiger partial charge in [0.05, 0.1) is 22.1 Å². The summed E-state index contributed by atoms with van der Waals surface area (Å²) in [5, 5.41) is 8.26. The molecule has 202 valence electrons. The molecule has 4 aromatic heterocycles. The number of thiophene rings is 1. The van der Waals surface area contributed by atoms with E-state index in [0.29, 0.717) is 11.7 Å². The van der Waals surface area contributed by atoms with E-state index in [1.165, 1.54) is 42.1 Å². The Bertz CT molecular complexity index is 2620. The Morgan fingerprint density at radius 2 is 1.42 bits per heavy atom. The largest absolute Gasteiger partial charge is 0.437 e. The van der Waals surface area contributed by atoms with E-state index in [2.05, 4.69) is 95.6 Å². The molecule has 4 nitrogen and oxygen atoms in total. The first kappa shape index (κ1) is 23.3. The van der Waals surface area contributed by atoms with E-state index in [1.54, 1.807) is 0 Å². The van der Waals surface area contributed by atoms with Crippen molar-refractivity contribution in [2.75, 3.05) is 0 Å². The maximum Gasteiger partial charge on any atom is 0.238 e. The minimum atomic E-state index is 0.597. The van der Waals surface area contributed by atoms with Crippen LogP contribution in [0, 0.1) is 0 Å². The number of hydrogen-bond donors (Lipinski definition) is 0. The minimum Gasteiger partial charge on any atom is -0.437 e. The second kappa shape index (κ2) is 8.63. The summed E-state index contributed by atoms with van der Waals surface area (Å²) < 4.78 is 10.1. The van der Waals surface area contributed by atoms with E-state index >= 15 is 0 Å². The van der Waals surface area contributed by atoms with Crippen LogP contribution in [-0.2, 0) is 6.42 Å². The lowest BCUT2D eigenvalue weighted by Gasteiger charge is -2.12. The summed E-state index contributed by atoms with van der Waals surface area (Å²) in [6, 6.07) is 36.1. The second-order valence-corrected chi connectivity index (χ2v) is 12.3. The molecule has 5 aromatic carbocycles. The Morgan fingerprint density at radius 1 is 0.674 bits per heavy atom. The van der Waals surface area contributed by atoms with Gasteiger partial charge in [-0.2, -0.15) is 4.98 Å². The summed E-state index contributed by atoms with van der Waals surface area (Å²) >= 11 is 1.94. The first-order valence-electron chi connectivity index (χ1n) is 14.7. The molecule has 0 unspecified atom stereocenters. The van der Waals surface area contributed by atoms with Gasteiger partial charge in [-0.15, -0.1) is 11.3 Å². The van der Waals surface area contributed by atoms with E-state index in [1.807, 2.05) is 35.6 Å². The number of rotatable bonds is 2. The summed E-state index contributed by atoms with van der Waals surface area (Å²) in [7, 11) is 0. The zero-order valence-corrected chi connectivity index (χ0v) is 23.9. The molecule has 4 heterocycles. The van der Waals surface area contributed by atoms with Gasteiger partial charge in [0.1, 0.15) is 5.58 Å². The highest BCUT2D eigenvalue weighted by atomic mass is 32.1. The number of para-hydroxylation sites is 2. The Morgan fingerprint density at radius 3 is 2.30 bits per heavy atom. The van der Waals surface area contributed by atoms with Gasteiger partial charge in [0.25, 0.3) is 0 Å². The molecule has 1 aliphatic carbocycles. The molecule has 5 heteroatoms. The van der Waals surface area contributed by atoms with Crippen molar-refractivity contribution in [3.05, 3.63) is 120 Å². The van der Waals surface area contributed by atoms with Crippen molar-refractivity contribution in [3.8, 4) is 17.2 Å². The summed E-state index contributed by atoms with van der Waals surface area (Å²) in [4.78, 5) is 12.0. The van der Waals surface area contributed by atoms with Crippen LogP contribution in [0.25, 0.3) is 88.0 Å². The fraction of sp³-hybridized carbons (Fsp3) is 0.0526. The molecular weight excluding hydrogens is 547 g/mol. The molecule has 0 amide bonds. The number of benzene rings is 5. The molecule has 0 spiro atoms. The Labute approximate surface area is 250 Å². The van der Waals surface area contributed by atoms with E-state index in [9.17, 15) is 0 Å².